The predicted molar refractivity (Wildman–Crippen MR) is 140 cm³/mol. The van der Waals surface area contributed by atoms with Gasteiger partial charge in [0, 0.05) is 56.0 Å². The highest BCUT2D eigenvalue weighted by molar-refractivity contribution is 9.10. The van der Waals surface area contributed by atoms with Gasteiger partial charge in [-0.1, -0.05) is 22.0 Å². The number of nitrogens with zero attached hydrogens (tertiary/aromatic N) is 3. The monoisotopic (exact) mass is 571 g/mol. The van der Waals surface area contributed by atoms with Gasteiger partial charge in [-0.05, 0) is 42.0 Å². The van der Waals surface area contributed by atoms with Crippen LogP contribution in [0.15, 0.2) is 46.9 Å². The lowest BCUT2D eigenvalue weighted by molar-refractivity contribution is -0.145. The number of amides is 3. The number of carbonyl (C=O) groups excluding carboxylic acids is 3. The molecule has 37 heavy (non-hydrogen) atoms. The average molecular weight is 572 g/mol. The van der Waals surface area contributed by atoms with Crippen LogP contribution in [0, 0.1) is 0 Å². The lowest BCUT2D eigenvalue weighted by Crippen LogP contribution is -2.60. The van der Waals surface area contributed by atoms with E-state index in [2.05, 4.69) is 42.4 Å². The highest BCUT2D eigenvalue weighted by atomic mass is 79.9. The molecule has 2 fully saturated rings. The van der Waals surface area contributed by atoms with E-state index in [1.54, 1.807) is 17.0 Å². The van der Waals surface area contributed by atoms with Crippen molar-refractivity contribution in [2.45, 2.75) is 19.0 Å². The third kappa shape index (κ3) is 6.41. The van der Waals surface area contributed by atoms with Gasteiger partial charge in [0.05, 0.1) is 13.0 Å². The molecule has 0 aliphatic carbocycles. The number of ether oxygens (including phenoxy) is 2. The molecule has 0 spiro atoms. The number of anilines is 1. The molecule has 196 valence electrons. The Hall–Kier alpha value is -3.15. The lowest BCUT2D eigenvalue weighted by atomic mass is 10.1. The third-order valence-corrected chi connectivity index (χ3v) is 7.35. The summed E-state index contributed by atoms with van der Waals surface area (Å²) in [4.78, 5) is 44.5. The molecule has 2 aromatic rings. The Morgan fingerprint density at radius 2 is 1.70 bits per heavy atom. The number of rotatable bonds is 7. The van der Waals surface area contributed by atoms with Crippen LogP contribution in [-0.4, -0.2) is 91.1 Å². The standard InChI is InChI=1S/C26H30BrN5O5/c27-19-2-4-20(5-3-19)29-24(33)14-21-26(35)28-7-8-32(21)25(34)16-31-11-9-30(10-12-31)15-18-1-6-22-23(13-18)37-17-36-22/h1-6,13,21H,7-12,14-17H2,(H,28,35)(H,29,33)/t21-/m0/s1. The van der Waals surface area contributed by atoms with Crippen molar-refractivity contribution in [3.05, 3.63) is 52.5 Å². The van der Waals surface area contributed by atoms with Crippen LogP contribution >= 0.6 is 15.9 Å². The summed E-state index contributed by atoms with van der Waals surface area (Å²) >= 11 is 3.37. The number of hydrogen-bond donors (Lipinski definition) is 2. The van der Waals surface area contributed by atoms with E-state index in [9.17, 15) is 14.4 Å². The molecule has 0 aromatic heterocycles. The van der Waals surface area contributed by atoms with Crippen molar-refractivity contribution < 1.29 is 23.9 Å². The largest absolute Gasteiger partial charge is 0.454 e. The first-order valence-electron chi connectivity index (χ1n) is 12.4. The predicted octanol–water partition coefficient (Wildman–Crippen LogP) is 1.65. The highest BCUT2D eigenvalue weighted by Crippen LogP contribution is 2.32. The molecule has 2 N–H and O–H groups in total. The van der Waals surface area contributed by atoms with Gasteiger partial charge in [-0.25, -0.2) is 0 Å². The summed E-state index contributed by atoms with van der Waals surface area (Å²) in [5.41, 5.74) is 1.80. The van der Waals surface area contributed by atoms with Crippen LogP contribution in [0.5, 0.6) is 11.5 Å². The van der Waals surface area contributed by atoms with Gasteiger partial charge in [-0.3, -0.25) is 24.2 Å². The summed E-state index contributed by atoms with van der Waals surface area (Å²) < 4.78 is 11.8. The Morgan fingerprint density at radius 1 is 0.973 bits per heavy atom. The molecule has 5 rings (SSSR count). The van der Waals surface area contributed by atoms with Gasteiger partial charge >= 0.3 is 0 Å². The molecule has 0 saturated carbocycles. The van der Waals surface area contributed by atoms with Crippen molar-refractivity contribution in [3.63, 3.8) is 0 Å². The van der Waals surface area contributed by atoms with Crippen LogP contribution in [0.25, 0.3) is 0 Å². The van der Waals surface area contributed by atoms with E-state index in [0.717, 1.165) is 54.3 Å². The molecule has 10 nitrogen and oxygen atoms in total. The summed E-state index contributed by atoms with van der Waals surface area (Å²) in [5.74, 6) is 0.842. The molecule has 0 radical (unpaired) electrons. The van der Waals surface area contributed by atoms with Crippen LogP contribution in [0.3, 0.4) is 0 Å². The minimum absolute atomic E-state index is 0.0864. The SMILES string of the molecule is O=C(C[C@H]1C(=O)NCCN1C(=O)CN1CCN(Cc2ccc3c(c2)OCO3)CC1)Nc1ccc(Br)cc1. The average Bonchev–Trinajstić information content (AvgIpc) is 3.36. The van der Waals surface area contributed by atoms with Gasteiger partial charge in [-0.2, -0.15) is 0 Å². The van der Waals surface area contributed by atoms with Gasteiger partial charge in [0.25, 0.3) is 0 Å². The zero-order chi connectivity index (χ0) is 25.8. The molecule has 3 heterocycles. The first kappa shape index (κ1) is 25.5. The van der Waals surface area contributed by atoms with Gasteiger partial charge in [0.2, 0.25) is 24.5 Å². The fourth-order valence-electron chi connectivity index (χ4n) is 4.82. The molecule has 3 aliphatic heterocycles. The summed E-state index contributed by atoms with van der Waals surface area (Å²) in [6.07, 6.45) is -0.0864. The molecule has 2 aromatic carbocycles. The van der Waals surface area contributed by atoms with Crippen LogP contribution in [0.1, 0.15) is 12.0 Å². The second kappa shape index (κ2) is 11.5. The van der Waals surface area contributed by atoms with Crippen molar-refractivity contribution >= 4 is 39.3 Å². The fourth-order valence-corrected chi connectivity index (χ4v) is 5.09. The first-order valence-corrected chi connectivity index (χ1v) is 13.2. The molecular weight excluding hydrogens is 542 g/mol. The van der Waals surface area contributed by atoms with Crippen LogP contribution in [0.4, 0.5) is 5.69 Å². The molecule has 3 aliphatic rings. The third-order valence-electron chi connectivity index (χ3n) is 6.82. The number of nitrogens with one attached hydrogen (secondary N) is 2. The lowest BCUT2D eigenvalue weighted by Gasteiger charge is -2.38. The normalized spacial score (nSPS) is 20.0. The molecule has 0 bridgehead atoms. The molecule has 3 amide bonds. The van der Waals surface area contributed by atoms with E-state index in [4.69, 9.17) is 9.47 Å². The second-order valence-corrected chi connectivity index (χ2v) is 10.3. The molecular formula is C26H30BrN5O5. The van der Waals surface area contributed by atoms with Crippen molar-refractivity contribution in [2.24, 2.45) is 0 Å². The van der Waals surface area contributed by atoms with E-state index < -0.39 is 6.04 Å². The molecule has 11 heteroatoms. The van der Waals surface area contributed by atoms with Gasteiger partial charge in [0.1, 0.15) is 6.04 Å². The number of hydrogen-bond acceptors (Lipinski definition) is 7. The smallest absolute Gasteiger partial charge is 0.243 e. The number of benzene rings is 2. The van der Waals surface area contributed by atoms with Crippen molar-refractivity contribution in [3.8, 4) is 11.5 Å². The van der Waals surface area contributed by atoms with Crippen molar-refractivity contribution in [1.82, 2.24) is 20.0 Å². The van der Waals surface area contributed by atoms with E-state index in [1.165, 1.54) is 0 Å². The molecule has 1 atom stereocenters. The maximum atomic E-state index is 13.2. The van der Waals surface area contributed by atoms with E-state index in [0.29, 0.717) is 18.8 Å². The first-order chi connectivity index (χ1) is 17.9. The Morgan fingerprint density at radius 3 is 2.49 bits per heavy atom. The maximum absolute atomic E-state index is 13.2. The Balaban J connectivity index is 1.11. The maximum Gasteiger partial charge on any atom is 0.243 e. The second-order valence-electron chi connectivity index (χ2n) is 9.39. The molecule has 2 saturated heterocycles. The number of fused-ring (bicyclic) bond motifs is 1. The minimum Gasteiger partial charge on any atom is -0.454 e. The molecule has 0 unspecified atom stereocenters. The summed E-state index contributed by atoms with van der Waals surface area (Å²) in [6.45, 7) is 5.26. The topological polar surface area (TPSA) is 103 Å². The highest BCUT2D eigenvalue weighted by Gasteiger charge is 2.35. The van der Waals surface area contributed by atoms with Gasteiger partial charge in [0.15, 0.2) is 11.5 Å². The fraction of sp³-hybridized carbons (Fsp3) is 0.423. The van der Waals surface area contributed by atoms with Crippen molar-refractivity contribution in [2.75, 3.05) is 57.9 Å². The van der Waals surface area contributed by atoms with E-state index in [-0.39, 0.29) is 37.5 Å². The quantitative estimate of drug-likeness (QED) is 0.521. The van der Waals surface area contributed by atoms with Crippen LogP contribution in [0.2, 0.25) is 0 Å². The minimum atomic E-state index is -0.816. The number of piperazine rings is 2. The summed E-state index contributed by atoms with van der Waals surface area (Å²) in [5, 5.41) is 5.59. The summed E-state index contributed by atoms with van der Waals surface area (Å²) in [7, 11) is 0. The van der Waals surface area contributed by atoms with Crippen LogP contribution < -0.4 is 20.1 Å². The van der Waals surface area contributed by atoms with Crippen LogP contribution in [-0.2, 0) is 20.9 Å². The van der Waals surface area contributed by atoms with E-state index in [1.807, 2.05) is 24.3 Å². The number of carbonyl (C=O) groups is 3. The van der Waals surface area contributed by atoms with Gasteiger partial charge < -0.3 is 25.0 Å². The number of halogens is 1. The summed E-state index contributed by atoms with van der Waals surface area (Å²) in [6, 6.07) is 12.4. The Kier molecular flexibility index (Phi) is 7.92. The van der Waals surface area contributed by atoms with Gasteiger partial charge in [-0.15, -0.1) is 0 Å². The zero-order valence-corrected chi connectivity index (χ0v) is 22.0. The van der Waals surface area contributed by atoms with E-state index >= 15 is 0 Å². The van der Waals surface area contributed by atoms with Crippen molar-refractivity contribution in [1.29, 1.82) is 0 Å². The zero-order valence-electron chi connectivity index (χ0n) is 20.5. The Bertz CT molecular complexity index is 1150. The Labute approximate surface area is 224 Å².